The summed E-state index contributed by atoms with van der Waals surface area (Å²) in [4.78, 5) is 0. The molecule has 100 valence electrons. The smallest absolute Gasteiger partial charge is 0.119 e. The Balaban J connectivity index is 1.75. The highest BCUT2D eigenvalue weighted by atomic mass is 16.5. The van der Waals surface area contributed by atoms with Gasteiger partial charge in [0.15, 0.2) is 0 Å². The van der Waals surface area contributed by atoms with Crippen molar-refractivity contribution in [3.63, 3.8) is 0 Å². The van der Waals surface area contributed by atoms with Gasteiger partial charge >= 0.3 is 0 Å². The quantitative estimate of drug-likeness (QED) is 0.638. The molecule has 2 aromatic carbocycles. The Morgan fingerprint density at radius 1 is 1.00 bits per heavy atom. The lowest BCUT2D eigenvalue weighted by atomic mass is 10.1. The highest BCUT2D eigenvalue weighted by Crippen LogP contribution is 2.15. The number of nitrogens with two attached hydrogens (primary N) is 1. The van der Waals surface area contributed by atoms with Crippen LogP contribution in [0.2, 0.25) is 0 Å². The Bertz CT molecular complexity index is 508. The molecule has 0 saturated heterocycles. The van der Waals surface area contributed by atoms with Crippen LogP contribution in [0.5, 0.6) is 11.5 Å². The Kier molecular flexibility index (Phi) is 4.67. The standard InChI is InChI=1S/C16H19NO2/c1-18-16-6-2-4-13(12-16)5-3-11-19-15-9-7-14(17)8-10-15/h2,4,6-10,12H,3,5,11,17H2,1H3. The maximum Gasteiger partial charge on any atom is 0.119 e. The topological polar surface area (TPSA) is 44.5 Å². The van der Waals surface area contributed by atoms with Crippen molar-refractivity contribution >= 4 is 5.69 Å². The highest BCUT2D eigenvalue weighted by Gasteiger charge is 1.97. The van der Waals surface area contributed by atoms with Crippen LogP contribution in [0.4, 0.5) is 5.69 Å². The molecule has 0 aliphatic rings. The van der Waals surface area contributed by atoms with Crippen molar-refractivity contribution < 1.29 is 9.47 Å². The fourth-order valence-electron chi connectivity index (χ4n) is 1.86. The molecule has 0 fully saturated rings. The maximum atomic E-state index is 5.65. The van der Waals surface area contributed by atoms with Gasteiger partial charge in [-0.2, -0.15) is 0 Å². The Labute approximate surface area is 114 Å². The second-order valence-electron chi connectivity index (χ2n) is 4.37. The molecule has 3 heteroatoms. The number of aryl methyl sites for hydroxylation is 1. The molecule has 0 aromatic heterocycles. The molecule has 2 rings (SSSR count). The van der Waals surface area contributed by atoms with Gasteiger partial charge in [0.05, 0.1) is 13.7 Å². The number of anilines is 1. The molecular formula is C16H19NO2. The third kappa shape index (κ3) is 4.21. The summed E-state index contributed by atoms with van der Waals surface area (Å²) in [7, 11) is 1.68. The first-order valence-electron chi connectivity index (χ1n) is 6.39. The number of benzene rings is 2. The molecule has 0 heterocycles. The largest absolute Gasteiger partial charge is 0.497 e. The summed E-state index contributed by atoms with van der Waals surface area (Å²) >= 11 is 0. The van der Waals surface area contributed by atoms with Crippen molar-refractivity contribution in [2.75, 3.05) is 19.5 Å². The Hall–Kier alpha value is -2.16. The maximum absolute atomic E-state index is 5.65. The van der Waals surface area contributed by atoms with Gasteiger partial charge in [-0.05, 0) is 54.8 Å². The minimum absolute atomic E-state index is 0.696. The molecular weight excluding hydrogens is 238 g/mol. The average molecular weight is 257 g/mol. The minimum atomic E-state index is 0.696. The van der Waals surface area contributed by atoms with E-state index in [1.165, 1.54) is 5.56 Å². The summed E-state index contributed by atoms with van der Waals surface area (Å²) in [5, 5.41) is 0. The number of hydrogen-bond donors (Lipinski definition) is 1. The van der Waals surface area contributed by atoms with Crippen molar-refractivity contribution in [1.29, 1.82) is 0 Å². The lowest BCUT2D eigenvalue weighted by molar-refractivity contribution is 0.311. The van der Waals surface area contributed by atoms with Crippen LogP contribution >= 0.6 is 0 Å². The highest BCUT2D eigenvalue weighted by molar-refractivity contribution is 5.41. The number of hydrogen-bond acceptors (Lipinski definition) is 3. The second-order valence-corrected chi connectivity index (χ2v) is 4.37. The number of methoxy groups -OCH3 is 1. The van der Waals surface area contributed by atoms with Gasteiger partial charge in [0.25, 0.3) is 0 Å². The summed E-state index contributed by atoms with van der Waals surface area (Å²) in [6.45, 7) is 0.696. The molecule has 0 radical (unpaired) electrons. The van der Waals surface area contributed by atoms with Crippen LogP contribution in [0.3, 0.4) is 0 Å². The lowest BCUT2D eigenvalue weighted by Gasteiger charge is -2.07. The second kappa shape index (κ2) is 6.69. The monoisotopic (exact) mass is 257 g/mol. The molecule has 0 amide bonds. The van der Waals surface area contributed by atoms with E-state index in [2.05, 4.69) is 12.1 Å². The predicted octanol–water partition coefficient (Wildman–Crippen LogP) is 3.29. The van der Waals surface area contributed by atoms with E-state index >= 15 is 0 Å². The molecule has 0 saturated carbocycles. The van der Waals surface area contributed by atoms with E-state index in [1.54, 1.807) is 7.11 Å². The van der Waals surface area contributed by atoms with Gasteiger partial charge in [-0.1, -0.05) is 12.1 Å². The van der Waals surface area contributed by atoms with Crippen LogP contribution in [0.1, 0.15) is 12.0 Å². The van der Waals surface area contributed by atoms with Crippen LogP contribution in [-0.4, -0.2) is 13.7 Å². The van der Waals surface area contributed by atoms with Crippen LogP contribution in [-0.2, 0) is 6.42 Å². The Morgan fingerprint density at radius 2 is 1.79 bits per heavy atom. The first kappa shape index (κ1) is 13.3. The zero-order chi connectivity index (χ0) is 13.5. The van der Waals surface area contributed by atoms with Gasteiger partial charge in [0.2, 0.25) is 0 Å². The average Bonchev–Trinajstić information content (AvgIpc) is 2.46. The number of ether oxygens (including phenoxy) is 2. The van der Waals surface area contributed by atoms with E-state index in [4.69, 9.17) is 15.2 Å². The van der Waals surface area contributed by atoms with Crippen LogP contribution in [0.25, 0.3) is 0 Å². The first-order chi connectivity index (χ1) is 9.28. The predicted molar refractivity (Wildman–Crippen MR) is 77.7 cm³/mol. The van der Waals surface area contributed by atoms with Gasteiger partial charge < -0.3 is 15.2 Å². The van der Waals surface area contributed by atoms with E-state index in [0.717, 1.165) is 30.0 Å². The molecule has 3 nitrogen and oxygen atoms in total. The summed E-state index contributed by atoms with van der Waals surface area (Å²) in [6, 6.07) is 15.6. The summed E-state index contributed by atoms with van der Waals surface area (Å²) < 4.78 is 10.9. The fraction of sp³-hybridized carbons (Fsp3) is 0.250. The Morgan fingerprint density at radius 3 is 2.53 bits per heavy atom. The minimum Gasteiger partial charge on any atom is -0.497 e. The molecule has 0 bridgehead atoms. The molecule has 2 N–H and O–H groups in total. The third-order valence-corrected chi connectivity index (χ3v) is 2.89. The summed E-state index contributed by atoms with van der Waals surface area (Å²) in [5.74, 6) is 1.76. The van der Waals surface area contributed by atoms with Crippen LogP contribution in [0.15, 0.2) is 48.5 Å². The van der Waals surface area contributed by atoms with Crippen molar-refractivity contribution in [1.82, 2.24) is 0 Å². The fourth-order valence-corrected chi connectivity index (χ4v) is 1.86. The van der Waals surface area contributed by atoms with E-state index in [9.17, 15) is 0 Å². The lowest BCUT2D eigenvalue weighted by Crippen LogP contribution is -1.99. The normalized spacial score (nSPS) is 10.2. The van der Waals surface area contributed by atoms with Crippen molar-refractivity contribution in [2.24, 2.45) is 0 Å². The van der Waals surface area contributed by atoms with Crippen LogP contribution < -0.4 is 15.2 Å². The van der Waals surface area contributed by atoms with Gasteiger partial charge in [-0.15, -0.1) is 0 Å². The van der Waals surface area contributed by atoms with Gasteiger partial charge in [-0.25, -0.2) is 0 Å². The van der Waals surface area contributed by atoms with Crippen molar-refractivity contribution in [3.8, 4) is 11.5 Å². The molecule has 2 aromatic rings. The van der Waals surface area contributed by atoms with Gasteiger partial charge in [0.1, 0.15) is 11.5 Å². The molecule has 0 spiro atoms. The molecule has 0 atom stereocenters. The molecule has 0 aliphatic heterocycles. The number of nitrogen functional groups attached to an aromatic ring is 1. The van der Waals surface area contributed by atoms with E-state index in [0.29, 0.717) is 6.61 Å². The zero-order valence-corrected chi connectivity index (χ0v) is 11.1. The van der Waals surface area contributed by atoms with Gasteiger partial charge in [0, 0.05) is 5.69 Å². The summed E-state index contributed by atoms with van der Waals surface area (Å²) in [6.07, 6.45) is 1.95. The first-order valence-corrected chi connectivity index (χ1v) is 6.39. The van der Waals surface area contributed by atoms with Crippen molar-refractivity contribution in [2.45, 2.75) is 12.8 Å². The van der Waals surface area contributed by atoms with E-state index < -0.39 is 0 Å². The van der Waals surface area contributed by atoms with Crippen LogP contribution in [0, 0.1) is 0 Å². The third-order valence-electron chi connectivity index (χ3n) is 2.89. The van der Waals surface area contributed by atoms with E-state index in [1.807, 2.05) is 36.4 Å². The SMILES string of the molecule is COc1cccc(CCCOc2ccc(N)cc2)c1. The molecule has 0 unspecified atom stereocenters. The molecule has 19 heavy (non-hydrogen) atoms. The van der Waals surface area contributed by atoms with E-state index in [-0.39, 0.29) is 0 Å². The zero-order valence-electron chi connectivity index (χ0n) is 11.1. The number of rotatable bonds is 6. The molecule has 0 aliphatic carbocycles. The van der Waals surface area contributed by atoms with Gasteiger partial charge in [-0.3, -0.25) is 0 Å². The van der Waals surface area contributed by atoms with Crippen molar-refractivity contribution in [3.05, 3.63) is 54.1 Å². The summed E-state index contributed by atoms with van der Waals surface area (Å²) in [5.41, 5.74) is 7.64.